The van der Waals surface area contributed by atoms with Crippen LogP contribution < -0.4 is 5.32 Å². The van der Waals surface area contributed by atoms with Gasteiger partial charge in [-0.1, -0.05) is 68.2 Å². The van der Waals surface area contributed by atoms with Crippen LogP contribution in [0, 0.1) is 22.7 Å². The molecular weight excluding hydrogens is 504 g/mol. The minimum Gasteiger partial charge on any atom is -0.385 e. The molecule has 4 atom stereocenters. The molecule has 186 valence electrons. The first-order valence-electron chi connectivity index (χ1n) is 10.7. The lowest BCUT2D eigenvalue weighted by atomic mass is 9.62. The number of nitriles is 1. The fourth-order valence-electron chi connectivity index (χ4n) is 4.65. The van der Waals surface area contributed by atoms with Crippen LogP contribution in [0.15, 0.2) is 48.5 Å². The summed E-state index contributed by atoms with van der Waals surface area (Å²) in [6.45, 7) is 5.65. The standard InChI is InChI=1S/C25H23Cl2F3N2O3/c1-23(2,3)12-18-19(21(33)35-22(34)25(28,29)30)32-20(14-5-4-6-17(27)11-14)24(18,13-31)15-7-9-16(26)10-8-15/h4-11,18-20,32H,12H2,1-3H3/t18-,19+,20-,24+/m0/s1. The number of alkyl halides is 3. The Morgan fingerprint density at radius 2 is 1.71 bits per heavy atom. The smallest absolute Gasteiger partial charge is 0.385 e. The normalized spacial score (nSPS) is 24.6. The molecule has 0 aromatic heterocycles. The summed E-state index contributed by atoms with van der Waals surface area (Å²) in [5, 5.41) is 14.5. The van der Waals surface area contributed by atoms with Gasteiger partial charge in [0.2, 0.25) is 0 Å². The molecule has 1 aliphatic heterocycles. The lowest BCUT2D eigenvalue weighted by Crippen LogP contribution is -2.44. The first-order chi connectivity index (χ1) is 16.2. The van der Waals surface area contributed by atoms with Gasteiger partial charge in [-0.25, -0.2) is 9.59 Å². The van der Waals surface area contributed by atoms with E-state index in [9.17, 15) is 28.0 Å². The highest BCUT2D eigenvalue weighted by Gasteiger charge is 2.60. The van der Waals surface area contributed by atoms with E-state index in [0.29, 0.717) is 21.2 Å². The lowest BCUT2D eigenvalue weighted by Gasteiger charge is -2.37. The van der Waals surface area contributed by atoms with E-state index in [1.54, 1.807) is 48.5 Å². The SMILES string of the molecule is CC(C)(C)C[C@H]1[C@H](C(=O)OC(=O)C(F)(F)F)N[C@@H](c2cccc(Cl)c2)[C@]1(C#N)c1ccc(Cl)cc1. The largest absolute Gasteiger partial charge is 0.491 e. The van der Waals surface area contributed by atoms with Crippen molar-refractivity contribution in [2.24, 2.45) is 11.3 Å². The Balaban J connectivity index is 2.22. The number of carbonyl (C=O) groups is 2. The summed E-state index contributed by atoms with van der Waals surface area (Å²) in [6.07, 6.45) is -5.10. The summed E-state index contributed by atoms with van der Waals surface area (Å²) < 4.78 is 42.8. The Labute approximate surface area is 211 Å². The molecule has 0 aliphatic carbocycles. The van der Waals surface area contributed by atoms with Gasteiger partial charge in [-0.3, -0.25) is 5.32 Å². The van der Waals surface area contributed by atoms with Gasteiger partial charge in [0.05, 0.1) is 12.1 Å². The third kappa shape index (κ3) is 5.64. The number of halogens is 5. The molecule has 2 aromatic carbocycles. The quantitative estimate of drug-likeness (QED) is 0.381. The maximum absolute atomic E-state index is 13.0. The maximum Gasteiger partial charge on any atom is 0.491 e. The maximum atomic E-state index is 13.0. The lowest BCUT2D eigenvalue weighted by molar-refractivity contribution is -0.202. The van der Waals surface area contributed by atoms with Gasteiger partial charge in [-0.05, 0) is 47.2 Å². The number of nitrogens with one attached hydrogen (secondary N) is 1. The Morgan fingerprint density at radius 3 is 2.23 bits per heavy atom. The van der Waals surface area contributed by atoms with Crippen molar-refractivity contribution < 1.29 is 27.5 Å². The van der Waals surface area contributed by atoms with E-state index in [2.05, 4.69) is 16.1 Å². The van der Waals surface area contributed by atoms with Gasteiger partial charge in [-0.15, -0.1) is 0 Å². The molecule has 35 heavy (non-hydrogen) atoms. The number of ether oxygens (including phenoxy) is 1. The molecule has 5 nitrogen and oxygen atoms in total. The molecule has 0 radical (unpaired) electrons. The molecule has 1 aliphatic rings. The van der Waals surface area contributed by atoms with E-state index >= 15 is 0 Å². The number of carbonyl (C=O) groups excluding carboxylic acids is 2. The molecule has 2 aromatic rings. The first-order valence-corrected chi connectivity index (χ1v) is 11.5. The molecule has 1 N–H and O–H groups in total. The van der Waals surface area contributed by atoms with Crippen LogP contribution >= 0.6 is 23.2 Å². The van der Waals surface area contributed by atoms with Crippen molar-refractivity contribution in [2.45, 2.75) is 50.9 Å². The molecule has 10 heteroatoms. The Morgan fingerprint density at radius 1 is 1.09 bits per heavy atom. The highest BCUT2D eigenvalue weighted by atomic mass is 35.5. The minimum atomic E-state index is -5.34. The van der Waals surface area contributed by atoms with Crippen LogP contribution in [0.4, 0.5) is 13.2 Å². The number of esters is 2. The predicted octanol–water partition coefficient (Wildman–Crippen LogP) is 6.15. The molecule has 0 saturated carbocycles. The number of nitrogens with zero attached hydrogens (tertiary/aromatic N) is 1. The van der Waals surface area contributed by atoms with E-state index in [1.165, 1.54) is 0 Å². The van der Waals surface area contributed by atoms with Crippen LogP contribution in [0.2, 0.25) is 10.0 Å². The van der Waals surface area contributed by atoms with E-state index in [0.717, 1.165) is 0 Å². The van der Waals surface area contributed by atoms with Crippen LogP contribution in [0.3, 0.4) is 0 Å². The summed E-state index contributed by atoms with van der Waals surface area (Å²) in [6, 6.07) is 13.2. The first kappa shape index (κ1) is 27.0. The fourth-order valence-corrected chi connectivity index (χ4v) is 4.98. The van der Waals surface area contributed by atoms with Crippen LogP contribution in [-0.2, 0) is 19.7 Å². The van der Waals surface area contributed by atoms with Crippen molar-refractivity contribution in [1.29, 1.82) is 5.26 Å². The van der Waals surface area contributed by atoms with Gasteiger partial charge < -0.3 is 4.74 Å². The molecule has 0 spiro atoms. The van der Waals surface area contributed by atoms with Crippen molar-refractivity contribution in [3.05, 3.63) is 69.7 Å². The van der Waals surface area contributed by atoms with Crippen molar-refractivity contribution in [2.75, 3.05) is 0 Å². The Bertz CT molecular complexity index is 1160. The summed E-state index contributed by atoms with van der Waals surface area (Å²) in [7, 11) is 0. The second-order valence-corrected chi connectivity index (χ2v) is 10.6. The molecule has 1 heterocycles. The van der Waals surface area contributed by atoms with Gasteiger partial charge in [0.15, 0.2) is 0 Å². The Kier molecular flexibility index (Phi) is 7.56. The van der Waals surface area contributed by atoms with Crippen LogP contribution in [0.5, 0.6) is 0 Å². The monoisotopic (exact) mass is 526 g/mol. The minimum absolute atomic E-state index is 0.243. The van der Waals surface area contributed by atoms with E-state index < -0.39 is 46.9 Å². The average molecular weight is 527 g/mol. The molecule has 3 rings (SSSR count). The van der Waals surface area contributed by atoms with Gasteiger partial charge in [0.25, 0.3) is 0 Å². The zero-order valence-electron chi connectivity index (χ0n) is 19.1. The van der Waals surface area contributed by atoms with Crippen molar-refractivity contribution in [1.82, 2.24) is 5.32 Å². The molecule has 0 unspecified atom stereocenters. The third-order valence-corrected chi connectivity index (χ3v) is 6.48. The molecule has 1 fully saturated rings. The number of hydrogen-bond donors (Lipinski definition) is 1. The number of rotatable bonds is 4. The Hall–Kier alpha value is -2.60. The van der Waals surface area contributed by atoms with Crippen molar-refractivity contribution in [3.63, 3.8) is 0 Å². The third-order valence-electron chi connectivity index (χ3n) is 5.99. The van der Waals surface area contributed by atoms with Crippen molar-refractivity contribution >= 4 is 35.1 Å². The van der Waals surface area contributed by atoms with Crippen molar-refractivity contribution in [3.8, 4) is 6.07 Å². The van der Waals surface area contributed by atoms with Gasteiger partial charge >= 0.3 is 18.1 Å². The second-order valence-electron chi connectivity index (χ2n) is 9.70. The molecule has 0 amide bonds. The van der Waals surface area contributed by atoms with Gasteiger partial charge in [-0.2, -0.15) is 18.4 Å². The van der Waals surface area contributed by atoms with E-state index in [-0.39, 0.29) is 6.42 Å². The number of hydrogen-bond acceptors (Lipinski definition) is 5. The highest BCUT2D eigenvalue weighted by molar-refractivity contribution is 6.30. The second kappa shape index (κ2) is 9.81. The average Bonchev–Trinajstić information content (AvgIpc) is 3.07. The van der Waals surface area contributed by atoms with Gasteiger partial charge in [0.1, 0.15) is 11.5 Å². The van der Waals surface area contributed by atoms with E-state index in [1.807, 2.05) is 20.8 Å². The van der Waals surface area contributed by atoms with Crippen LogP contribution in [0.25, 0.3) is 0 Å². The summed E-state index contributed by atoms with van der Waals surface area (Å²) in [5.74, 6) is -4.88. The highest BCUT2D eigenvalue weighted by Crippen LogP contribution is 2.53. The van der Waals surface area contributed by atoms with Gasteiger partial charge in [0, 0.05) is 16.0 Å². The van der Waals surface area contributed by atoms with Crippen LogP contribution in [0.1, 0.15) is 44.4 Å². The predicted molar refractivity (Wildman–Crippen MR) is 125 cm³/mol. The molecule has 0 bridgehead atoms. The molecule has 1 saturated heterocycles. The fraction of sp³-hybridized carbons (Fsp3) is 0.400. The number of benzene rings is 2. The summed E-state index contributed by atoms with van der Waals surface area (Å²) in [4.78, 5) is 24.4. The topological polar surface area (TPSA) is 79.2 Å². The van der Waals surface area contributed by atoms with E-state index in [4.69, 9.17) is 23.2 Å². The zero-order valence-corrected chi connectivity index (χ0v) is 20.6. The summed E-state index contributed by atoms with van der Waals surface area (Å²) >= 11 is 12.3. The van der Waals surface area contributed by atoms with Crippen LogP contribution in [-0.4, -0.2) is 24.2 Å². The summed E-state index contributed by atoms with van der Waals surface area (Å²) in [5.41, 5.74) is -0.830. The molecular formula is C25H23Cl2F3N2O3. The zero-order chi connectivity index (χ0) is 26.2.